The van der Waals surface area contributed by atoms with Crippen molar-refractivity contribution in [3.05, 3.63) is 82.4 Å². The lowest BCUT2D eigenvalue weighted by atomic mass is 10.1. The minimum Gasteiger partial charge on any atom is -0.483 e. The van der Waals surface area contributed by atoms with E-state index >= 15 is 0 Å². The molecule has 7 heteroatoms. The second-order valence-corrected chi connectivity index (χ2v) is 8.49. The van der Waals surface area contributed by atoms with Gasteiger partial charge in [-0.25, -0.2) is 0 Å². The van der Waals surface area contributed by atoms with Crippen LogP contribution in [-0.2, 0) is 16.1 Å². The smallest absolute Gasteiger partial charge is 0.268 e. The number of ether oxygens (including phenoxy) is 2. The summed E-state index contributed by atoms with van der Waals surface area (Å²) in [5.74, 6) is 0.826. The molecular formula is C26H25ClN2O4. The third-order valence-corrected chi connectivity index (χ3v) is 5.67. The first-order valence-electron chi connectivity index (χ1n) is 10.7. The molecule has 0 spiro atoms. The third kappa shape index (κ3) is 5.12. The Morgan fingerprint density at radius 2 is 1.82 bits per heavy atom. The number of carbonyl (C=O) groups is 2. The minimum absolute atomic E-state index is 0.124. The van der Waals surface area contributed by atoms with Crippen LogP contribution in [0.25, 0.3) is 0 Å². The van der Waals surface area contributed by atoms with Crippen molar-refractivity contribution in [1.29, 1.82) is 0 Å². The number of rotatable bonds is 6. The summed E-state index contributed by atoms with van der Waals surface area (Å²) in [7, 11) is 0. The second kappa shape index (κ2) is 9.55. The van der Waals surface area contributed by atoms with E-state index in [1.807, 2.05) is 50.2 Å². The van der Waals surface area contributed by atoms with E-state index in [2.05, 4.69) is 5.32 Å². The number of fused-ring (bicyclic) bond motifs is 1. The Morgan fingerprint density at radius 1 is 1.09 bits per heavy atom. The van der Waals surface area contributed by atoms with Crippen LogP contribution >= 0.6 is 11.6 Å². The molecule has 0 saturated carbocycles. The molecule has 1 N–H and O–H groups in total. The second-order valence-electron chi connectivity index (χ2n) is 8.05. The molecule has 0 saturated heterocycles. The van der Waals surface area contributed by atoms with Gasteiger partial charge in [-0.2, -0.15) is 0 Å². The van der Waals surface area contributed by atoms with Crippen LogP contribution in [0.5, 0.6) is 11.5 Å². The van der Waals surface area contributed by atoms with E-state index in [0.29, 0.717) is 34.4 Å². The van der Waals surface area contributed by atoms with Crippen LogP contribution in [-0.4, -0.2) is 24.5 Å². The van der Waals surface area contributed by atoms with Crippen LogP contribution in [0.3, 0.4) is 0 Å². The van der Waals surface area contributed by atoms with Crippen molar-refractivity contribution in [2.45, 2.75) is 33.4 Å². The number of anilines is 2. The lowest BCUT2D eigenvalue weighted by molar-refractivity contribution is -0.125. The quantitative estimate of drug-likeness (QED) is 0.538. The van der Waals surface area contributed by atoms with Gasteiger partial charge < -0.3 is 19.7 Å². The van der Waals surface area contributed by atoms with Crippen molar-refractivity contribution in [3.63, 3.8) is 0 Å². The summed E-state index contributed by atoms with van der Waals surface area (Å²) < 4.78 is 11.5. The van der Waals surface area contributed by atoms with E-state index in [1.165, 1.54) is 0 Å². The molecule has 1 unspecified atom stereocenters. The standard InChI is InChI=1S/C26H25ClN2O4/c1-16-6-4-7-17(2)25(16)32-15-24(30)28-21-10-11-23-22(13-21)29(26(31)18(3)33-23)14-19-8-5-9-20(27)12-19/h4-13,18H,14-15H2,1-3H3,(H,28,30). The number of nitrogens with zero attached hydrogens (tertiary/aromatic N) is 1. The topological polar surface area (TPSA) is 67.9 Å². The van der Waals surface area contributed by atoms with E-state index in [0.717, 1.165) is 16.7 Å². The van der Waals surface area contributed by atoms with Crippen LogP contribution in [0, 0.1) is 13.8 Å². The molecule has 3 aromatic rings. The summed E-state index contributed by atoms with van der Waals surface area (Å²) in [6.07, 6.45) is -0.608. The highest BCUT2D eigenvalue weighted by atomic mass is 35.5. The maximum atomic E-state index is 12.9. The van der Waals surface area contributed by atoms with E-state index < -0.39 is 6.10 Å². The summed E-state index contributed by atoms with van der Waals surface area (Å²) in [6, 6.07) is 18.4. The van der Waals surface area contributed by atoms with Crippen LogP contribution in [0.2, 0.25) is 5.02 Å². The van der Waals surface area contributed by atoms with Gasteiger partial charge in [-0.3, -0.25) is 9.59 Å². The van der Waals surface area contributed by atoms with Gasteiger partial charge in [-0.05, 0) is 67.8 Å². The molecular weight excluding hydrogens is 440 g/mol. The van der Waals surface area contributed by atoms with Crippen molar-refractivity contribution in [1.82, 2.24) is 0 Å². The maximum Gasteiger partial charge on any atom is 0.268 e. The predicted octanol–water partition coefficient (Wildman–Crippen LogP) is 5.29. The van der Waals surface area contributed by atoms with Gasteiger partial charge in [0.25, 0.3) is 11.8 Å². The number of benzene rings is 3. The molecule has 1 aliphatic heterocycles. The van der Waals surface area contributed by atoms with Gasteiger partial charge in [-0.15, -0.1) is 0 Å². The van der Waals surface area contributed by atoms with Crippen LogP contribution < -0.4 is 19.7 Å². The largest absolute Gasteiger partial charge is 0.483 e. The highest BCUT2D eigenvalue weighted by molar-refractivity contribution is 6.30. The summed E-state index contributed by atoms with van der Waals surface area (Å²) in [4.78, 5) is 27.1. The van der Waals surface area contributed by atoms with Gasteiger partial charge >= 0.3 is 0 Å². The molecule has 33 heavy (non-hydrogen) atoms. The number of para-hydroxylation sites is 1. The molecule has 0 fully saturated rings. The monoisotopic (exact) mass is 464 g/mol. The fourth-order valence-corrected chi connectivity index (χ4v) is 4.04. The number of hydrogen-bond donors (Lipinski definition) is 1. The van der Waals surface area contributed by atoms with E-state index in [9.17, 15) is 9.59 Å². The Hall–Kier alpha value is -3.51. The van der Waals surface area contributed by atoms with Crippen molar-refractivity contribution >= 4 is 34.8 Å². The zero-order valence-electron chi connectivity index (χ0n) is 18.7. The molecule has 6 nitrogen and oxygen atoms in total. The Balaban J connectivity index is 1.51. The molecule has 0 radical (unpaired) electrons. The maximum absolute atomic E-state index is 12.9. The van der Waals surface area contributed by atoms with E-state index in [1.54, 1.807) is 36.1 Å². The normalized spacial score (nSPS) is 15.0. The van der Waals surface area contributed by atoms with Crippen molar-refractivity contribution < 1.29 is 19.1 Å². The van der Waals surface area contributed by atoms with Gasteiger partial charge in [0.05, 0.1) is 12.2 Å². The van der Waals surface area contributed by atoms with Gasteiger partial charge in [0.2, 0.25) is 0 Å². The third-order valence-electron chi connectivity index (χ3n) is 5.44. The molecule has 1 heterocycles. The molecule has 0 aromatic heterocycles. The highest BCUT2D eigenvalue weighted by Crippen LogP contribution is 2.37. The summed E-state index contributed by atoms with van der Waals surface area (Å²) in [5.41, 5.74) is 3.97. The number of amides is 2. The molecule has 4 rings (SSSR count). The molecule has 2 amide bonds. The van der Waals surface area contributed by atoms with E-state index in [-0.39, 0.29) is 18.4 Å². The number of halogens is 1. The van der Waals surface area contributed by atoms with Crippen LogP contribution in [0.15, 0.2) is 60.7 Å². The highest BCUT2D eigenvalue weighted by Gasteiger charge is 2.32. The van der Waals surface area contributed by atoms with Gasteiger partial charge in [0.15, 0.2) is 12.7 Å². The van der Waals surface area contributed by atoms with E-state index in [4.69, 9.17) is 21.1 Å². The lowest BCUT2D eigenvalue weighted by Gasteiger charge is -2.33. The van der Waals surface area contributed by atoms with Crippen molar-refractivity contribution in [2.75, 3.05) is 16.8 Å². The number of aryl methyl sites for hydroxylation is 2. The van der Waals surface area contributed by atoms with Crippen molar-refractivity contribution in [3.8, 4) is 11.5 Å². The average molecular weight is 465 g/mol. The zero-order chi connectivity index (χ0) is 23.5. The summed E-state index contributed by atoms with van der Waals surface area (Å²) in [5, 5.41) is 3.45. The molecule has 0 aliphatic carbocycles. The van der Waals surface area contributed by atoms with Crippen LogP contribution in [0.4, 0.5) is 11.4 Å². The lowest BCUT2D eigenvalue weighted by Crippen LogP contribution is -2.44. The summed E-state index contributed by atoms with van der Waals surface area (Å²) >= 11 is 6.12. The molecule has 3 aromatic carbocycles. The Morgan fingerprint density at radius 3 is 2.55 bits per heavy atom. The minimum atomic E-state index is -0.608. The fourth-order valence-electron chi connectivity index (χ4n) is 3.83. The number of hydrogen-bond acceptors (Lipinski definition) is 4. The first-order valence-corrected chi connectivity index (χ1v) is 11.0. The SMILES string of the molecule is Cc1cccc(C)c1OCC(=O)Nc1ccc2c(c1)N(Cc1cccc(Cl)c1)C(=O)C(C)O2. The van der Waals surface area contributed by atoms with Crippen molar-refractivity contribution in [2.24, 2.45) is 0 Å². The molecule has 0 bridgehead atoms. The Bertz CT molecular complexity index is 1190. The molecule has 170 valence electrons. The van der Waals surface area contributed by atoms with Gasteiger partial charge in [-0.1, -0.05) is 41.9 Å². The first-order chi connectivity index (χ1) is 15.8. The molecule has 1 atom stereocenters. The fraction of sp³-hybridized carbons (Fsp3) is 0.231. The van der Waals surface area contributed by atoms with Crippen LogP contribution in [0.1, 0.15) is 23.6 Å². The summed E-state index contributed by atoms with van der Waals surface area (Å²) in [6.45, 7) is 5.82. The number of nitrogens with one attached hydrogen (secondary N) is 1. The number of carbonyl (C=O) groups excluding carboxylic acids is 2. The molecule has 1 aliphatic rings. The average Bonchev–Trinajstić information content (AvgIpc) is 2.77. The Labute approximate surface area is 198 Å². The van der Waals surface area contributed by atoms with Gasteiger partial charge in [0.1, 0.15) is 11.5 Å². The zero-order valence-corrected chi connectivity index (χ0v) is 19.5. The predicted molar refractivity (Wildman–Crippen MR) is 129 cm³/mol. The first kappa shape index (κ1) is 22.7. The Kier molecular flexibility index (Phi) is 6.56. The van der Waals surface area contributed by atoms with Gasteiger partial charge in [0, 0.05) is 10.7 Å².